The molecule has 0 amide bonds. The van der Waals surface area contributed by atoms with Crippen molar-refractivity contribution in [1.82, 2.24) is 19.9 Å². The molecule has 3 rings (SSSR count). The number of nitrogens with one attached hydrogen (secondary N) is 1. The number of benzene rings is 1. The Kier molecular flexibility index (Phi) is 5.11. The van der Waals surface area contributed by atoms with Gasteiger partial charge < -0.3 is 10.1 Å². The van der Waals surface area contributed by atoms with E-state index in [1.54, 1.807) is 19.2 Å². The highest BCUT2D eigenvalue weighted by molar-refractivity contribution is 5.42. The van der Waals surface area contributed by atoms with Crippen LogP contribution in [-0.4, -0.2) is 28.3 Å². The fraction of sp³-hybridized carbons (Fsp3) is 0.368. The van der Waals surface area contributed by atoms with Gasteiger partial charge in [-0.1, -0.05) is 12.1 Å². The number of aryl methyl sites for hydroxylation is 2. The van der Waals surface area contributed by atoms with Crippen LogP contribution in [-0.2, 0) is 4.74 Å². The van der Waals surface area contributed by atoms with E-state index < -0.39 is 0 Å². The maximum absolute atomic E-state index is 13.1. The van der Waals surface area contributed by atoms with Crippen LogP contribution in [0.15, 0.2) is 36.5 Å². The normalized spacial score (nSPS) is 14.0. The molecule has 5 nitrogen and oxygen atoms in total. The van der Waals surface area contributed by atoms with Gasteiger partial charge in [0.05, 0.1) is 11.8 Å². The van der Waals surface area contributed by atoms with Crippen molar-refractivity contribution in [1.29, 1.82) is 0 Å². The summed E-state index contributed by atoms with van der Waals surface area (Å²) in [6.45, 7) is 6.70. The van der Waals surface area contributed by atoms with E-state index >= 15 is 0 Å². The van der Waals surface area contributed by atoms with Gasteiger partial charge in [-0.05, 0) is 38.5 Å². The van der Waals surface area contributed by atoms with Crippen molar-refractivity contribution in [2.24, 2.45) is 0 Å². The molecule has 2 atom stereocenters. The predicted octanol–water partition coefficient (Wildman–Crippen LogP) is 3.52. The van der Waals surface area contributed by atoms with Crippen molar-refractivity contribution in [2.45, 2.75) is 32.9 Å². The first kappa shape index (κ1) is 17.5. The predicted molar refractivity (Wildman–Crippen MR) is 95.0 cm³/mol. The molecule has 1 aromatic carbocycles. The first-order chi connectivity index (χ1) is 12.0. The lowest BCUT2D eigenvalue weighted by Gasteiger charge is -2.21. The lowest BCUT2D eigenvalue weighted by molar-refractivity contribution is 0.0998. The van der Waals surface area contributed by atoms with E-state index in [1.807, 2.05) is 30.6 Å². The smallest absolute Gasteiger partial charge is 0.155 e. The minimum atomic E-state index is -0.246. The van der Waals surface area contributed by atoms with Crippen molar-refractivity contribution in [3.05, 3.63) is 64.9 Å². The molecule has 0 fully saturated rings. The Bertz CT molecular complexity index is 860. The fourth-order valence-corrected chi connectivity index (χ4v) is 3.01. The van der Waals surface area contributed by atoms with Gasteiger partial charge in [0.15, 0.2) is 5.65 Å². The Morgan fingerprint density at radius 3 is 2.64 bits per heavy atom. The van der Waals surface area contributed by atoms with Crippen LogP contribution in [0.1, 0.15) is 41.6 Å². The van der Waals surface area contributed by atoms with Gasteiger partial charge >= 0.3 is 0 Å². The van der Waals surface area contributed by atoms with Gasteiger partial charge in [-0.3, -0.25) is 0 Å². The molecule has 25 heavy (non-hydrogen) atoms. The Morgan fingerprint density at radius 1 is 1.24 bits per heavy atom. The van der Waals surface area contributed by atoms with Crippen molar-refractivity contribution in [3.8, 4) is 0 Å². The zero-order valence-electron chi connectivity index (χ0n) is 15.0. The number of hydrogen-bond acceptors (Lipinski definition) is 4. The molecule has 0 aliphatic carbocycles. The lowest BCUT2D eigenvalue weighted by atomic mass is 10.1. The molecule has 1 N–H and O–H groups in total. The number of nitrogens with zero attached hydrogens (tertiary/aromatic N) is 3. The van der Waals surface area contributed by atoms with Crippen molar-refractivity contribution in [3.63, 3.8) is 0 Å². The van der Waals surface area contributed by atoms with Crippen LogP contribution in [0.4, 0.5) is 4.39 Å². The minimum Gasteiger partial charge on any atom is -0.375 e. The third kappa shape index (κ3) is 3.70. The Labute approximate surface area is 146 Å². The van der Waals surface area contributed by atoms with E-state index in [9.17, 15) is 4.39 Å². The van der Waals surface area contributed by atoms with Crippen LogP contribution in [0, 0.1) is 19.7 Å². The van der Waals surface area contributed by atoms with Crippen LogP contribution < -0.4 is 5.32 Å². The summed E-state index contributed by atoms with van der Waals surface area (Å²) >= 11 is 0. The van der Waals surface area contributed by atoms with Gasteiger partial charge in [0.2, 0.25) is 0 Å². The lowest BCUT2D eigenvalue weighted by Crippen LogP contribution is -2.26. The van der Waals surface area contributed by atoms with Crippen molar-refractivity contribution >= 4 is 5.65 Å². The fourth-order valence-electron chi connectivity index (χ4n) is 3.01. The number of methoxy groups -OCH3 is 1. The van der Waals surface area contributed by atoms with E-state index in [-0.39, 0.29) is 18.0 Å². The largest absolute Gasteiger partial charge is 0.375 e. The summed E-state index contributed by atoms with van der Waals surface area (Å²) in [5.41, 5.74) is 4.89. The number of ether oxygens (including phenoxy) is 1. The van der Waals surface area contributed by atoms with Gasteiger partial charge in [-0.2, -0.15) is 5.10 Å². The molecule has 6 heteroatoms. The van der Waals surface area contributed by atoms with E-state index in [1.165, 1.54) is 12.1 Å². The molecule has 0 aliphatic rings. The SMILES string of the molecule is COC(CNC(C)c1cnc2cc(C)nn2c1C)c1ccc(F)cc1. The summed E-state index contributed by atoms with van der Waals surface area (Å²) in [6, 6.07) is 8.45. The molecule has 0 saturated heterocycles. The number of rotatable bonds is 6. The molecule has 0 bridgehead atoms. The van der Waals surface area contributed by atoms with Gasteiger partial charge in [0.25, 0.3) is 0 Å². The van der Waals surface area contributed by atoms with Gasteiger partial charge in [0, 0.05) is 43.2 Å². The molecule has 2 aromatic heterocycles. The average molecular weight is 342 g/mol. The second-order valence-electron chi connectivity index (χ2n) is 6.26. The topological polar surface area (TPSA) is 51.5 Å². The highest BCUT2D eigenvalue weighted by atomic mass is 19.1. The van der Waals surface area contributed by atoms with Crippen LogP contribution in [0.2, 0.25) is 0 Å². The number of aromatic nitrogens is 3. The maximum Gasteiger partial charge on any atom is 0.155 e. The summed E-state index contributed by atoms with van der Waals surface area (Å²) < 4.78 is 20.5. The maximum atomic E-state index is 13.1. The van der Waals surface area contributed by atoms with Crippen LogP contribution in [0.5, 0.6) is 0 Å². The second-order valence-corrected chi connectivity index (χ2v) is 6.26. The van der Waals surface area contributed by atoms with Gasteiger partial charge in [0.1, 0.15) is 5.82 Å². The monoisotopic (exact) mass is 342 g/mol. The number of hydrogen-bond donors (Lipinski definition) is 1. The molecular formula is C19H23FN4O. The highest BCUT2D eigenvalue weighted by Crippen LogP contribution is 2.21. The number of fused-ring (bicyclic) bond motifs is 1. The Hall–Kier alpha value is -2.31. The van der Waals surface area contributed by atoms with Crippen molar-refractivity contribution < 1.29 is 9.13 Å². The van der Waals surface area contributed by atoms with E-state index in [4.69, 9.17) is 4.74 Å². The average Bonchev–Trinajstić information content (AvgIpc) is 2.98. The molecule has 2 unspecified atom stereocenters. The highest BCUT2D eigenvalue weighted by Gasteiger charge is 2.16. The third-order valence-corrected chi connectivity index (χ3v) is 4.49. The molecule has 3 aromatic rings. The first-order valence-corrected chi connectivity index (χ1v) is 8.33. The van der Waals surface area contributed by atoms with E-state index in [0.717, 1.165) is 28.2 Å². The minimum absolute atomic E-state index is 0.0829. The standard InChI is InChI=1S/C19H23FN4O/c1-12-9-19-22-10-17(14(3)24(19)23-12)13(2)21-11-18(25-4)15-5-7-16(20)8-6-15/h5-10,13,18,21H,11H2,1-4H3. The summed E-state index contributed by atoms with van der Waals surface area (Å²) in [5.74, 6) is -0.246. The van der Waals surface area contributed by atoms with Crippen LogP contribution >= 0.6 is 0 Å². The zero-order valence-corrected chi connectivity index (χ0v) is 15.0. The molecular weight excluding hydrogens is 319 g/mol. The van der Waals surface area contributed by atoms with E-state index in [0.29, 0.717) is 6.54 Å². The quantitative estimate of drug-likeness (QED) is 0.745. The van der Waals surface area contributed by atoms with Crippen LogP contribution in [0.25, 0.3) is 5.65 Å². The molecule has 0 radical (unpaired) electrons. The second kappa shape index (κ2) is 7.29. The van der Waals surface area contributed by atoms with E-state index in [2.05, 4.69) is 22.3 Å². The Balaban J connectivity index is 1.74. The van der Waals surface area contributed by atoms with Crippen LogP contribution in [0.3, 0.4) is 0 Å². The van der Waals surface area contributed by atoms with Gasteiger partial charge in [-0.15, -0.1) is 0 Å². The molecule has 132 valence electrons. The molecule has 0 spiro atoms. The summed E-state index contributed by atoms with van der Waals surface area (Å²) in [7, 11) is 1.66. The molecule has 2 heterocycles. The number of halogens is 1. The molecule has 0 saturated carbocycles. The Morgan fingerprint density at radius 2 is 1.96 bits per heavy atom. The van der Waals surface area contributed by atoms with Crippen molar-refractivity contribution in [2.75, 3.05) is 13.7 Å². The van der Waals surface area contributed by atoms with Gasteiger partial charge in [-0.25, -0.2) is 13.9 Å². The first-order valence-electron chi connectivity index (χ1n) is 8.33. The summed E-state index contributed by atoms with van der Waals surface area (Å²) in [4.78, 5) is 4.49. The summed E-state index contributed by atoms with van der Waals surface area (Å²) in [5, 5.41) is 7.96. The third-order valence-electron chi connectivity index (χ3n) is 4.49. The zero-order chi connectivity index (χ0) is 18.0. The summed E-state index contributed by atoms with van der Waals surface area (Å²) in [6.07, 6.45) is 1.75. The molecule has 0 aliphatic heterocycles.